The highest BCUT2D eigenvalue weighted by Gasteiger charge is 2.21. The number of amides is 2. The van der Waals surface area contributed by atoms with Gasteiger partial charge in [-0.05, 0) is 24.3 Å². The van der Waals surface area contributed by atoms with Gasteiger partial charge in [0.15, 0.2) is 5.58 Å². The summed E-state index contributed by atoms with van der Waals surface area (Å²) < 4.78 is 5.47. The number of thiophene rings is 1. The van der Waals surface area contributed by atoms with E-state index >= 15 is 0 Å². The average molecular weight is 383 g/mol. The highest BCUT2D eigenvalue weighted by atomic mass is 32.1. The highest BCUT2D eigenvalue weighted by Crippen LogP contribution is 2.32. The van der Waals surface area contributed by atoms with Gasteiger partial charge in [0.1, 0.15) is 10.6 Å². The lowest BCUT2D eigenvalue weighted by molar-refractivity contribution is 0.0692. The number of fused-ring (bicyclic) bond motifs is 1. The van der Waals surface area contributed by atoms with Crippen LogP contribution in [0, 0.1) is 11.3 Å². The van der Waals surface area contributed by atoms with Crippen LogP contribution in [-0.2, 0) is 0 Å². The molecule has 27 heavy (non-hydrogen) atoms. The maximum absolute atomic E-state index is 12.8. The molecule has 0 fully saturated rings. The van der Waals surface area contributed by atoms with Crippen molar-refractivity contribution in [3.8, 4) is 6.07 Å². The summed E-state index contributed by atoms with van der Waals surface area (Å²) in [5.41, 5.74) is -0.223. The summed E-state index contributed by atoms with van der Waals surface area (Å²) in [6, 6.07) is 11.0. The van der Waals surface area contributed by atoms with E-state index in [1.807, 2.05) is 6.07 Å². The number of anilines is 2. The van der Waals surface area contributed by atoms with E-state index < -0.39 is 17.2 Å². The molecule has 0 aliphatic heterocycles. The smallest absolute Gasteiger partial charge is 0.351 e. The molecular formula is C18H13N3O5S. The van der Waals surface area contributed by atoms with E-state index in [1.165, 1.54) is 21.9 Å². The first-order valence-corrected chi connectivity index (χ1v) is 8.46. The summed E-state index contributed by atoms with van der Waals surface area (Å²) >= 11 is 1.12. The molecule has 2 amide bonds. The normalized spacial score (nSPS) is 10.4. The van der Waals surface area contributed by atoms with Gasteiger partial charge >= 0.3 is 17.6 Å². The lowest BCUT2D eigenvalue weighted by Crippen LogP contribution is -2.38. The van der Waals surface area contributed by atoms with Crippen LogP contribution >= 0.6 is 11.3 Å². The minimum atomic E-state index is -1.37. The van der Waals surface area contributed by atoms with Crippen molar-refractivity contribution in [3.05, 3.63) is 57.9 Å². The Hall–Kier alpha value is -3.64. The van der Waals surface area contributed by atoms with Crippen LogP contribution in [0.3, 0.4) is 0 Å². The summed E-state index contributed by atoms with van der Waals surface area (Å²) in [7, 11) is 3.12. The summed E-state index contributed by atoms with van der Waals surface area (Å²) in [5.74, 6) is -1.37. The van der Waals surface area contributed by atoms with E-state index in [-0.39, 0.29) is 11.6 Å². The topological polar surface area (TPSA) is 115 Å². The first-order chi connectivity index (χ1) is 12.8. The second-order valence-corrected chi connectivity index (χ2v) is 6.69. The van der Waals surface area contributed by atoms with Crippen molar-refractivity contribution in [1.82, 2.24) is 0 Å². The molecular weight excluding hydrogens is 370 g/mol. The molecule has 0 atom stereocenters. The number of nitriles is 1. The summed E-state index contributed by atoms with van der Waals surface area (Å²) in [6.45, 7) is 0. The number of urea groups is 1. The molecule has 0 aliphatic rings. The molecule has 0 spiro atoms. The molecule has 0 bridgehead atoms. The fraction of sp³-hybridized carbons (Fsp3) is 0.111. The maximum atomic E-state index is 12.8. The quantitative estimate of drug-likeness (QED) is 0.743. The number of rotatable bonds is 3. The first-order valence-electron chi connectivity index (χ1n) is 7.64. The summed E-state index contributed by atoms with van der Waals surface area (Å²) in [6.07, 6.45) is 0. The average Bonchev–Trinajstić information content (AvgIpc) is 3.08. The molecule has 0 unspecified atom stereocenters. The molecule has 2 heterocycles. The number of hydrogen-bond donors (Lipinski definition) is 1. The van der Waals surface area contributed by atoms with Crippen LogP contribution in [0.15, 0.2) is 45.6 Å². The standard InChI is InChI=1S/C18H13N3O5S/c1-20(11-5-3-4-10(6-11)9-19)18(25)21(2)15-8-13-14(27-15)7-12(16(22)23)17(24)26-13/h3-8H,1-2H3,(H,22,23). The van der Waals surface area contributed by atoms with Gasteiger partial charge < -0.3 is 9.52 Å². The van der Waals surface area contributed by atoms with Gasteiger partial charge in [0.2, 0.25) is 0 Å². The Kier molecular flexibility index (Phi) is 4.66. The van der Waals surface area contributed by atoms with E-state index in [0.717, 1.165) is 11.3 Å². The van der Waals surface area contributed by atoms with Crippen molar-refractivity contribution < 1.29 is 19.1 Å². The zero-order valence-corrected chi connectivity index (χ0v) is 15.1. The van der Waals surface area contributed by atoms with Gasteiger partial charge in [-0.3, -0.25) is 9.80 Å². The largest absolute Gasteiger partial charge is 0.477 e. The van der Waals surface area contributed by atoms with Crippen LogP contribution in [-0.4, -0.2) is 31.2 Å². The number of aromatic carboxylic acids is 1. The lowest BCUT2D eigenvalue weighted by Gasteiger charge is -2.23. The van der Waals surface area contributed by atoms with Crippen molar-refractivity contribution in [1.29, 1.82) is 5.26 Å². The number of nitrogens with zero attached hydrogens (tertiary/aromatic N) is 3. The number of carbonyl (C=O) groups is 2. The predicted octanol–water partition coefficient (Wildman–Crippen LogP) is 3.12. The second-order valence-electron chi connectivity index (χ2n) is 5.63. The van der Waals surface area contributed by atoms with Crippen LogP contribution in [0.2, 0.25) is 0 Å². The Morgan fingerprint density at radius 2 is 1.93 bits per heavy atom. The molecule has 1 N–H and O–H groups in total. The van der Waals surface area contributed by atoms with Gasteiger partial charge in [-0.15, -0.1) is 11.3 Å². The zero-order chi connectivity index (χ0) is 19.7. The first kappa shape index (κ1) is 18.2. The van der Waals surface area contributed by atoms with Crippen LogP contribution in [0.25, 0.3) is 10.3 Å². The predicted molar refractivity (Wildman–Crippen MR) is 101 cm³/mol. The molecule has 0 saturated heterocycles. The molecule has 8 nitrogen and oxygen atoms in total. The van der Waals surface area contributed by atoms with Crippen molar-refractivity contribution in [2.45, 2.75) is 0 Å². The number of carbonyl (C=O) groups excluding carboxylic acids is 1. The highest BCUT2D eigenvalue weighted by molar-refractivity contribution is 7.22. The number of hydrogen-bond acceptors (Lipinski definition) is 6. The van der Waals surface area contributed by atoms with Gasteiger partial charge in [0.05, 0.1) is 16.3 Å². The Bertz CT molecular complexity index is 1160. The SMILES string of the molecule is CN(C(=O)N(C)c1cc2oc(=O)c(C(=O)O)cc2s1)c1cccc(C#N)c1. The van der Waals surface area contributed by atoms with Gasteiger partial charge in [0.25, 0.3) is 0 Å². The Morgan fingerprint density at radius 1 is 1.19 bits per heavy atom. The Morgan fingerprint density at radius 3 is 2.59 bits per heavy atom. The summed E-state index contributed by atoms with van der Waals surface area (Å²) in [5, 5.41) is 18.5. The van der Waals surface area contributed by atoms with Crippen LogP contribution in [0.5, 0.6) is 0 Å². The van der Waals surface area contributed by atoms with Crippen molar-refractivity contribution in [3.63, 3.8) is 0 Å². The number of benzene rings is 1. The van der Waals surface area contributed by atoms with Crippen molar-refractivity contribution in [2.75, 3.05) is 23.9 Å². The fourth-order valence-corrected chi connectivity index (χ4v) is 3.41. The van der Waals surface area contributed by atoms with E-state index in [1.54, 1.807) is 38.4 Å². The zero-order valence-electron chi connectivity index (χ0n) is 14.3. The van der Waals surface area contributed by atoms with Gasteiger partial charge in [0, 0.05) is 25.8 Å². The molecule has 1 aromatic carbocycles. The van der Waals surface area contributed by atoms with Crippen molar-refractivity contribution >= 4 is 44.3 Å². The molecule has 9 heteroatoms. The molecule has 0 aliphatic carbocycles. The molecule has 3 aromatic rings. The van der Waals surface area contributed by atoms with Gasteiger partial charge in [-0.2, -0.15) is 5.26 Å². The Labute approximate surface area is 157 Å². The maximum Gasteiger partial charge on any atom is 0.351 e. The van der Waals surface area contributed by atoms with Crippen LogP contribution < -0.4 is 15.4 Å². The molecule has 0 saturated carbocycles. The van der Waals surface area contributed by atoms with E-state index in [9.17, 15) is 14.4 Å². The third-order valence-electron chi connectivity index (χ3n) is 3.91. The van der Waals surface area contributed by atoms with Gasteiger partial charge in [-0.25, -0.2) is 14.4 Å². The van der Waals surface area contributed by atoms with E-state index in [0.29, 0.717) is 21.0 Å². The van der Waals surface area contributed by atoms with Gasteiger partial charge in [-0.1, -0.05) is 6.07 Å². The minimum absolute atomic E-state index is 0.207. The summed E-state index contributed by atoms with van der Waals surface area (Å²) in [4.78, 5) is 38.2. The number of carboxylic acid groups (broad SMARTS) is 1. The third kappa shape index (κ3) is 3.38. The Balaban J connectivity index is 1.93. The van der Waals surface area contributed by atoms with E-state index in [4.69, 9.17) is 14.8 Å². The van der Waals surface area contributed by atoms with Crippen molar-refractivity contribution in [2.24, 2.45) is 0 Å². The fourth-order valence-electron chi connectivity index (χ4n) is 2.43. The van der Waals surface area contributed by atoms with Crippen LogP contribution in [0.4, 0.5) is 15.5 Å². The molecule has 2 aromatic heterocycles. The second kappa shape index (κ2) is 6.93. The monoisotopic (exact) mass is 383 g/mol. The van der Waals surface area contributed by atoms with E-state index in [2.05, 4.69) is 0 Å². The lowest BCUT2D eigenvalue weighted by atomic mass is 10.2. The number of carboxylic acids is 1. The molecule has 3 rings (SSSR count). The van der Waals surface area contributed by atoms with Crippen LogP contribution in [0.1, 0.15) is 15.9 Å². The molecule has 0 radical (unpaired) electrons. The minimum Gasteiger partial charge on any atom is -0.477 e. The third-order valence-corrected chi connectivity index (χ3v) is 5.05. The molecule has 136 valence electrons.